The summed E-state index contributed by atoms with van der Waals surface area (Å²) in [6, 6.07) is 0. The summed E-state index contributed by atoms with van der Waals surface area (Å²) in [6.45, 7) is 9.64. The van der Waals surface area contributed by atoms with Crippen LogP contribution in [0.2, 0.25) is 0 Å². The maximum Gasteiger partial charge on any atom is 0.0110 e. The first-order valence-electron chi connectivity index (χ1n) is 5.05. The molecule has 0 aromatic rings. The van der Waals surface area contributed by atoms with E-state index in [1.807, 2.05) is 32.2 Å². The Balaban J connectivity index is 4.10. The SMILES string of the molecule is C=CCCC/C(=C/C(=C)/C=C/C)NC. The van der Waals surface area contributed by atoms with Crippen molar-refractivity contribution in [2.24, 2.45) is 0 Å². The molecule has 0 rings (SSSR count). The highest BCUT2D eigenvalue weighted by molar-refractivity contribution is 5.29. The minimum absolute atomic E-state index is 1.04. The number of unbranched alkanes of at least 4 members (excludes halogenated alkanes) is 1. The van der Waals surface area contributed by atoms with E-state index in [0.29, 0.717) is 0 Å². The highest BCUT2D eigenvalue weighted by Gasteiger charge is 1.93. The second kappa shape index (κ2) is 8.36. The van der Waals surface area contributed by atoms with Gasteiger partial charge in [-0.05, 0) is 37.8 Å². The predicted octanol–water partition coefficient (Wildman–Crippen LogP) is 3.58. The van der Waals surface area contributed by atoms with Crippen LogP contribution in [0.5, 0.6) is 0 Å². The van der Waals surface area contributed by atoms with Crippen molar-refractivity contribution in [1.82, 2.24) is 5.32 Å². The van der Waals surface area contributed by atoms with Gasteiger partial charge in [0.15, 0.2) is 0 Å². The maximum atomic E-state index is 3.94. The standard InChI is InChI=1S/C13H21N/c1-5-7-8-10-13(14-4)11-12(3)9-6-2/h5-6,9,11,14H,1,3,7-8,10H2,2,4H3/b9-6+,13-11-. The van der Waals surface area contributed by atoms with Gasteiger partial charge in [-0.2, -0.15) is 0 Å². The summed E-state index contributed by atoms with van der Waals surface area (Å²) in [7, 11) is 1.95. The van der Waals surface area contributed by atoms with Gasteiger partial charge < -0.3 is 5.32 Å². The summed E-state index contributed by atoms with van der Waals surface area (Å²) in [6.07, 6.45) is 11.3. The van der Waals surface area contributed by atoms with Crippen LogP contribution >= 0.6 is 0 Å². The van der Waals surface area contributed by atoms with Crippen molar-refractivity contribution in [2.75, 3.05) is 7.05 Å². The molecule has 0 spiro atoms. The molecule has 1 N–H and O–H groups in total. The van der Waals surface area contributed by atoms with Crippen molar-refractivity contribution in [3.8, 4) is 0 Å². The number of allylic oxidation sites excluding steroid dienone is 6. The molecule has 0 heterocycles. The highest BCUT2D eigenvalue weighted by atomic mass is 14.8. The molecule has 0 unspecified atom stereocenters. The second-order valence-electron chi connectivity index (χ2n) is 3.18. The third-order valence-corrected chi connectivity index (χ3v) is 1.92. The first-order valence-corrected chi connectivity index (χ1v) is 5.05. The fourth-order valence-corrected chi connectivity index (χ4v) is 1.19. The van der Waals surface area contributed by atoms with Crippen molar-refractivity contribution >= 4 is 0 Å². The second-order valence-corrected chi connectivity index (χ2v) is 3.18. The normalized spacial score (nSPS) is 11.7. The van der Waals surface area contributed by atoms with Gasteiger partial charge in [0.05, 0.1) is 0 Å². The Bertz CT molecular complexity index is 234. The number of hydrogen-bond donors (Lipinski definition) is 1. The largest absolute Gasteiger partial charge is 0.391 e. The fourth-order valence-electron chi connectivity index (χ4n) is 1.19. The Labute approximate surface area is 87.9 Å². The summed E-state index contributed by atoms with van der Waals surface area (Å²) in [5.41, 5.74) is 2.27. The molecule has 14 heavy (non-hydrogen) atoms. The van der Waals surface area contributed by atoms with E-state index in [2.05, 4.69) is 24.6 Å². The summed E-state index contributed by atoms with van der Waals surface area (Å²) in [5.74, 6) is 0. The van der Waals surface area contributed by atoms with Gasteiger partial charge in [-0.1, -0.05) is 24.8 Å². The van der Waals surface area contributed by atoms with Gasteiger partial charge in [0, 0.05) is 12.7 Å². The summed E-state index contributed by atoms with van der Waals surface area (Å²) in [4.78, 5) is 0. The molecule has 0 amide bonds. The molecule has 0 bridgehead atoms. The van der Waals surface area contributed by atoms with E-state index >= 15 is 0 Å². The van der Waals surface area contributed by atoms with E-state index in [-0.39, 0.29) is 0 Å². The zero-order valence-corrected chi connectivity index (χ0v) is 9.34. The molecule has 0 aromatic carbocycles. The number of nitrogens with one attached hydrogen (secondary N) is 1. The maximum absolute atomic E-state index is 3.94. The minimum Gasteiger partial charge on any atom is -0.391 e. The quantitative estimate of drug-likeness (QED) is 0.368. The van der Waals surface area contributed by atoms with E-state index in [4.69, 9.17) is 0 Å². The Morgan fingerprint density at radius 1 is 1.43 bits per heavy atom. The smallest absolute Gasteiger partial charge is 0.0110 e. The van der Waals surface area contributed by atoms with Crippen LogP contribution in [-0.4, -0.2) is 7.05 Å². The summed E-state index contributed by atoms with van der Waals surface area (Å²) < 4.78 is 0. The van der Waals surface area contributed by atoms with Gasteiger partial charge in [0.2, 0.25) is 0 Å². The van der Waals surface area contributed by atoms with Crippen LogP contribution in [-0.2, 0) is 0 Å². The molecule has 0 aliphatic carbocycles. The minimum atomic E-state index is 1.04. The third-order valence-electron chi connectivity index (χ3n) is 1.92. The molecule has 0 aromatic heterocycles. The van der Waals surface area contributed by atoms with Gasteiger partial charge in [0.1, 0.15) is 0 Å². The lowest BCUT2D eigenvalue weighted by Gasteiger charge is -2.05. The molecular formula is C13H21N. The van der Waals surface area contributed by atoms with Gasteiger partial charge in [-0.25, -0.2) is 0 Å². The van der Waals surface area contributed by atoms with Crippen LogP contribution in [0.1, 0.15) is 26.2 Å². The van der Waals surface area contributed by atoms with E-state index in [0.717, 1.165) is 24.8 Å². The molecular weight excluding hydrogens is 170 g/mol. The molecule has 0 atom stereocenters. The summed E-state index contributed by atoms with van der Waals surface area (Å²) >= 11 is 0. The lowest BCUT2D eigenvalue weighted by molar-refractivity contribution is 0.774. The zero-order chi connectivity index (χ0) is 10.8. The number of rotatable bonds is 7. The first kappa shape index (κ1) is 12.8. The van der Waals surface area contributed by atoms with Gasteiger partial charge in [0.25, 0.3) is 0 Å². The van der Waals surface area contributed by atoms with Crippen molar-refractivity contribution in [3.63, 3.8) is 0 Å². The Morgan fingerprint density at radius 2 is 2.14 bits per heavy atom. The monoisotopic (exact) mass is 191 g/mol. The first-order chi connectivity index (χ1) is 6.74. The lowest BCUT2D eigenvalue weighted by atomic mass is 10.1. The molecule has 0 aliphatic rings. The molecule has 0 aliphatic heterocycles. The summed E-state index contributed by atoms with van der Waals surface area (Å²) in [5, 5.41) is 3.18. The molecule has 0 fully saturated rings. The zero-order valence-electron chi connectivity index (χ0n) is 9.34. The Kier molecular flexibility index (Phi) is 7.62. The molecule has 0 radical (unpaired) electrons. The molecule has 1 heteroatoms. The van der Waals surface area contributed by atoms with E-state index in [1.54, 1.807) is 0 Å². The lowest BCUT2D eigenvalue weighted by Crippen LogP contribution is -2.05. The van der Waals surface area contributed by atoms with Gasteiger partial charge >= 0.3 is 0 Å². The van der Waals surface area contributed by atoms with Crippen LogP contribution in [0, 0.1) is 0 Å². The Hall–Kier alpha value is -1.24. The van der Waals surface area contributed by atoms with Crippen molar-refractivity contribution < 1.29 is 0 Å². The van der Waals surface area contributed by atoms with Crippen LogP contribution in [0.25, 0.3) is 0 Å². The van der Waals surface area contributed by atoms with Crippen LogP contribution in [0.15, 0.2) is 48.7 Å². The predicted molar refractivity (Wildman–Crippen MR) is 65.1 cm³/mol. The molecule has 0 saturated carbocycles. The Morgan fingerprint density at radius 3 is 2.64 bits per heavy atom. The molecule has 1 nitrogen and oxygen atoms in total. The van der Waals surface area contributed by atoms with E-state index in [9.17, 15) is 0 Å². The average molecular weight is 191 g/mol. The van der Waals surface area contributed by atoms with Crippen LogP contribution in [0.4, 0.5) is 0 Å². The highest BCUT2D eigenvalue weighted by Crippen LogP contribution is 2.07. The molecule has 78 valence electrons. The van der Waals surface area contributed by atoms with Crippen molar-refractivity contribution in [2.45, 2.75) is 26.2 Å². The van der Waals surface area contributed by atoms with Crippen LogP contribution < -0.4 is 5.32 Å². The van der Waals surface area contributed by atoms with Crippen molar-refractivity contribution in [1.29, 1.82) is 0 Å². The van der Waals surface area contributed by atoms with Gasteiger partial charge in [-0.3, -0.25) is 0 Å². The van der Waals surface area contributed by atoms with E-state index in [1.165, 1.54) is 5.70 Å². The van der Waals surface area contributed by atoms with Crippen LogP contribution in [0.3, 0.4) is 0 Å². The van der Waals surface area contributed by atoms with Crippen molar-refractivity contribution in [3.05, 3.63) is 48.7 Å². The third kappa shape index (κ3) is 6.30. The van der Waals surface area contributed by atoms with E-state index < -0.39 is 0 Å². The molecule has 0 saturated heterocycles. The fraction of sp³-hybridized carbons (Fsp3) is 0.385. The average Bonchev–Trinajstić information content (AvgIpc) is 2.17. The van der Waals surface area contributed by atoms with Gasteiger partial charge in [-0.15, -0.1) is 6.58 Å². The number of hydrogen-bond acceptors (Lipinski definition) is 1. The topological polar surface area (TPSA) is 12.0 Å².